The summed E-state index contributed by atoms with van der Waals surface area (Å²) in [4.78, 5) is 4.04. The Bertz CT molecular complexity index is 474. The molecule has 2 heterocycles. The first-order valence-electron chi connectivity index (χ1n) is 5.17. The van der Waals surface area contributed by atoms with E-state index in [0.717, 1.165) is 0 Å². The zero-order valence-corrected chi connectivity index (χ0v) is 10.2. The second-order valence-electron chi connectivity index (χ2n) is 4.15. The molecule has 1 aliphatic heterocycles. The average molecular weight is 244 g/mol. The number of rotatable bonds is 2. The highest BCUT2D eigenvalue weighted by Gasteiger charge is 2.32. The van der Waals surface area contributed by atoms with Crippen LogP contribution in [0.1, 0.15) is 12.2 Å². The molecule has 0 bridgehead atoms. The number of nitrogens with two attached hydrogens (primary N) is 1. The fourth-order valence-electron chi connectivity index (χ4n) is 1.76. The van der Waals surface area contributed by atoms with E-state index in [4.69, 9.17) is 5.73 Å². The Hall–Kier alpha value is -0.920. The third-order valence-electron chi connectivity index (χ3n) is 2.88. The SMILES string of the molecule is Cc1nc(S(=O)(=O)N2CCC(N)C2)cn1C. The van der Waals surface area contributed by atoms with Crippen LogP contribution in [0.4, 0.5) is 0 Å². The lowest BCUT2D eigenvalue weighted by atomic mass is 10.3. The Balaban J connectivity index is 2.32. The van der Waals surface area contributed by atoms with Gasteiger partial charge in [0.15, 0.2) is 5.03 Å². The molecule has 2 rings (SSSR count). The molecule has 1 unspecified atom stereocenters. The molecule has 0 spiro atoms. The van der Waals surface area contributed by atoms with E-state index in [0.29, 0.717) is 25.3 Å². The van der Waals surface area contributed by atoms with Crippen molar-refractivity contribution in [2.45, 2.75) is 24.4 Å². The summed E-state index contributed by atoms with van der Waals surface area (Å²) in [7, 11) is -1.68. The van der Waals surface area contributed by atoms with Gasteiger partial charge in [-0.25, -0.2) is 13.4 Å². The van der Waals surface area contributed by atoms with Crippen molar-refractivity contribution in [2.24, 2.45) is 12.8 Å². The van der Waals surface area contributed by atoms with E-state index < -0.39 is 10.0 Å². The third kappa shape index (κ3) is 1.85. The van der Waals surface area contributed by atoms with E-state index in [1.54, 1.807) is 18.5 Å². The van der Waals surface area contributed by atoms with E-state index in [2.05, 4.69) is 4.98 Å². The molecule has 7 heteroatoms. The molecule has 90 valence electrons. The van der Waals surface area contributed by atoms with Gasteiger partial charge in [-0.2, -0.15) is 4.31 Å². The molecule has 1 saturated heterocycles. The second-order valence-corrected chi connectivity index (χ2v) is 6.03. The van der Waals surface area contributed by atoms with Gasteiger partial charge in [0, 0.05) is 32.4 Å². The van der Waals surface area contributed by atoms with Crippen LogP contribution in [-0.2, 0) is 17.1 Å². The largest absolute Gasteiger partial charge is 0.337 e. The fraction of sp³-hybridized carbons (Fsp3) is 0.667. The lowest BCUT2D eigenvalue weighted by Crippen LogP contribution is -2.32. The molecule has 1 atom stereocenters. The smallest absolute Gasteiger partial charge is 0.262 e. The molecule has 0 radical (unpaired) electrons. The summed E-state index contributed by atoms with van der Waals surface area (Å²) in [6, 6.07) is -0.0559. The second kappa shape index (κ2) is 3.83. The topological polar surface area (TPSA) is 81.2 Å². The molecule has 1 aliphatic rings. The van der Waals surface area contributed by atoms with Crippen LogP contribution in [0.15, 0.2) is 11.2 Å². The molecular weight excluding hydrogens is 228 g/mol. The Kier molecular flexibility index (Phi) is 2.77. The third-order valence-corrected chi connectivity index (χ3v) is 4.61. The number of imidazole rings is 1. The van der Waals surface area contributed by atoms with Crippen LogP contribution in [0, 0.1) is 6.92 Å². The minimum atomic E-state index is -3.45. The number of hydrogen-bond donors (Lipinski definition) is 1. The average Bonchev–Trinajstić information content (AvgIpc) is 2.75. The minimum Gasteiger partial charge on any atom is -0.337 e. The molecule has 0 amide bonds. The van der Waals surface area contributed by atoms with Crippen molar-refractivity contribution >= 4 is 10.0 Å². The van der Waals surface area contributed by atoms with Crippen molar-refractivity contribution in [3.8, 4) is 0 Å². The molecule has 1 aromatic rings. The van der Waals surface area contributed by atoms with E-state index in [1.807, 2.05) is 0 Å². The lowest BCUT2D eigenvalue weighted by molar-refractivity contribution is 0.470. The van der Waals surface area contributed by atoms with Gasteiger partial charge in [0.25, 0.3) is 10.0 Å². The molecule has 0 aliphatic carbocycles. The summed E-state index contributed by atoms with van der Waals surface area (Å²) in [6.07, 6.45) is 2.25. The van der Waals surface area contributed by atoms with Crippen molar-refractivity contribution in [3.63, 3.8) is 0 Å². The van der Waals surface area contributed by atoms with Crippen LogP contribution in [0.5, 0.6) is 0 Å². The van der Waals surface area contributed by atoms with E-state index >= 15 is 0 Å². The van der Waals surface area contributed by atoms with Gasteiger partial charge < -0.3 is 10.3 Å². The number of aryl methyl sites for hydroxylation is 2. The molecule has 1 fully saturated rings. The normalized spacial score (nSPS) is 22.8. The minimum absolute atomic E-state index is 0.0559. The van der Waals surface area contributed by atoms with Gasteiger partial charge in [-0.15, -0.1) is 0 Å². The molecule has 1 aromatic heterocycles. The zero-order valence-electron chi connectivity index (χ0n) is 9.42. The highest BCUT2D eigenvalue weighted by atomic mass is 32.2. The van der Waals surface area contributed by atoms with Crippen molar-refractivity contribution in [3.05, 3.63) is 12.0 Å². The van der Waals surface area contributed by atoms with Gasteiger partial charge >= 0.3 is 0 Å². The van der Waals surface area contributed by atoms with Crippen LogP contribution in [-0.4, -0.2) is 41.4 Å². The summed E-state index contributed by atoms with van der Waals surface area (Å²) in [5.41, 5.74) is 5.70. The summed E-state index contributed by atoms with van der Waals surface area (Å²) in [6.45, 7) is 2.64. The summed E-state index contributed by atoms with van der Waals surface area (Å²) in [5.74, 6) is 0.682. The molecule has 0 aromatic carbocycles. The van der Waals surface area contributed by atoms with Gasteiger partial charge in [-0.1, -0.05) is 0 Å². The summed E-state index contributed by atoms with van der Waals surface area (Å²) < 4.78 is 27.4. The summed E-state index contributed by atoms with van der Waals surface area (Å²) in [5, 5.41) is 0.113. The van der Waals surface area contributed by atoms with Crippen LogP contribution >= 0.6 is 0 Å². The Labute approximate surface area is 95.1 Å². The number of sulfonamides is 1. The first kappa shape index (κ1) is 11.6. The van der Waals surface area contributed by atoms with Gasteiger partial charge in [0.1, 0.15) is 5.82 Å². The first-order valence-corrected chi connectivity index (χ1v) is 6.61. The molecule has 2 N–H and O–H groups in total. The van der Waals surface area contributed by atoms with Gasteiger partial charge in [-0.3, -0.25) is 0 Å². The van der Waals surface area contributed by atoms with Crippen LogP contribution in [0.3, 0.4) is 0 Å². The standard InChI is InChI=1S/C9H16N4O2S/c1-7-11-9(6-12(7)2)16(14,15)13-4-3-8(10)5-13/h6,8H,3-5,10H2,1-2H3. The lowest BCUT2D eigenvalue weighted by Gasteiger charge is -2.13. The van der Waals surface area contributed by atoms with Crippen molar-refractivity contribution in [1.82, 2.24) is 13.9 Å². The maximum Gasteiger partial charge on any atom is 0.262 e. The molecular formula is C9H16N4O2S. The molecule has 0 saturated carbocycles. The number of hydrogen-bond acceptors (Lipinski definition) is 4. The van der Waals surface area contributed by atoms with E-state index in [1.165, 1.54) is 10.5 Å². The number of aromatic nitrogens is 2. The van der Waals surface area contributed by atoms with Gasteiger partial charge in [-0.05, 0) is 13.3 Å². The number of nitrogens with zero attached hydrogens (tertiary/aromatic N) is 3. The van der Waals surface area contributed by atoms with Crippen LogP contribution in [0.2, 0.25) is 0 Å². The first-order chi connectivity index (χ1) is 7.41. The summed E-state index contributed by atoms with van der Waals surface area (Å²) >= 11 is 0. The fourth-order valence-corrected chi connectivity index (χ4v) is 3.29. The Morgan fingerprint density at radius 2 is 2.25 bits per heavy atom. The van der Waals surface area contributed by atoms with E-state index in [-0.39, 0.29) is 11.1 Å². The maximum atomic E-state index is 12.1. The van der Waals surface area contributed by atoms with Gasteiger partial charge in [0.2, 0.25) is 0 Å². The van der Waals surface area contributed by atoms with Gasteiger partial charge in [0.05, 0.1) is 0 Å². The monoisotopic (exact) mass is 244 g/mol. The Morgan fingerprint density at radius 1 is 1.56 bits per heavy atom. The van der Waals surface area contributed by atoms with Crippen molar-refractivity contribution < 1.29 is 8.42 Å². The molecule has 16 heavy (non-hydrogen) atoms. The predicted octanol–water partition coefficient (Wildman–Crippen LogP) is -0.550. The molecule has 6 nitrogen and oxygen atoms in total. The highest BCUT2D eigenvalue weighted by molar-refractivity contribution is 7.89. The quantitative estimate of drug-likeness (QED) is 0.757. The highest BCUT2D eigenvalue weighted by Crippen LogP contribution is 2.19. The van der Waals surface area contributed by atoms with Crippen LogP contribution in [0.25, 0.3) is 0 Å². The Morgan fingerprint density at radius 3 is 2.69 bits per heavy atom. The predicted molar refractivity (Wildman–Crippen MR) is 59.3 cm³/mol. The van der Waals surface area contributed by atoms with Crippen molar-refractivity contribution in [2.75, 3.05) is 13.1 Å². The maximum absolute atomic E-state index is 12.1. The zero-order chi connectivity index (χ0) is 11.9. The van der Waals surface area contributed by atoms with Crippen LogP contribution < -0.4 is 5.73 Å². The van der Waals surface area contributed by atoms with Crippen molar-refractivity contribution in [1.29, 1.82) is 0 Å². The van der Waals surface area contributed by atoms with E-state index in [9.17, 15) is 8.42 Å².